The van der Waals surface area contributed by atoms with Crippen LogP contribution in [0.4, 0.5) is 17.3 Å². The van der Waals surface area contributed by atoms with Crippen LogP contribution in [0.25, 0.3) is 0 Å². The van der Waals surface area contributed by atoms with Crippen LogP contribution in [0, 0.1) is 11.5 Å². The highest BCUT2D eigenvalue weighted by Gasteiger charge is 2.03. The lowest BCUT2D eigenvalue weighted by Crippen LogP contribution is -2.10. The molecule has 1 aromatic carbocycles. The fraction of sp³-hybridized carbons (Fsp3) is 0.214. The van der Waals surface area contributed by atoms with E-state index in [2.05, 4.69) is 15.3 Å². The highest BCUT2D eigenvalue weighted by Crippen LogP contribution is 2.20. The van der Waals surface area contributed by atoms with Crippen LogP contribution in [0.2, 0.25) is 0 Å². The first-order valence-corrected chi connectivity index (χ1v) is 6.18. The van der Waals surface area contributed by atoms with Gasteiger partial charge in [0.25, 0.3) is 0 Å². The van der Waals surface area contributed by atoms with Crippen molar-refractivity contribution < 1.29 is 4.74 Å². The molecule has 6 nitrogen and oxygen atoms in total. The van der Waals surface area contributed by atoms with Crippen molar-refractivity contribution in [2.75, 3.05) is 23.9 Å². The Morgan fingerprint density at radius 1 is 1.30 bits per heavy atom. The van der Waals surface area contributed by atoms with Crippen LogP contribution >= 0.6 is 0 Å². The Labute approximate surface area is 117 Å². The number of hydrogen-bond acceptors (Lipinski definition) is 6. The number of aromatic nitrogens is 2. The summed E-state index contributed by atoms with van der Waals surface area (Å²) in [5.41, 5.74) is 0.887. The third-order valence-corrected chi connectivity index (χ3v) is 2.58. The molecule has 0 amide bonds. The lowest BCUT2D eigenvalue weighted by molar-refractivity contribution is 0.340. The van der Waals surface area contributed by atoms with Gasteiger partial charge >= 0.3 is 0 Å². The fourth-order valence-corrected chi connectivity index (χ4v) is 1.60. The molecule has 1 aromatic heterocycles. The molecular formula is C14H15N5O. The minimum absolute atomic E-state index is 0.538. The molecule has 2 rings (SSSR count). The molecule has 2 aromatic rings. The van der Waals surface area contributed by atoms with E-state index in [-0.39, 0.29) is 0 Å². The molecule has 0 saturated heterocycles. The maximum atomic E-state index is 8.83. The monoisotopic (exact) mass is 269 g/mol. The molecule has 20 heavy (non-hydrogen) atoms. The standard InChI is InChI=1S/C14H15N5O/c1-3-20-12-6-4-11(5-7-12)18-13-8-14(17-10-16-13)19(2)9-15/h4-8,10H,3H2,1-2H3,(H,16,17,18). The van der Waals surface area contributed by atoms with Crippen molar-refractivity contribution in [3.05, 3.63) is 36.7 Å². The molecule has 0 bridgehead atoms. The SMILES string of the molecule is CCOc1ccc(Nc2cc(N(C)C#N)ncn2)cc1. The van der Waals surface area contributed by atoms with Gasteiger partial charge in [-0.1, -0.05) is 0 Å². The number of nitrogens with zero attached hydrogens (tertiary/aromatic N) is 4. The van der Waals surface area contributed by atoms with Crippen LogP contribution in [0.1, 0.15) is 6.92 Å². The van der Waals surface area contributed by atoms with E-state index in [0.717, 1.165) is 11.4 Å². The van der Waals surface area contributed by atoms with Gasteiger partial charge in [0.1, 0.15) is 23.7 Å². The lowest BCUT2D eigenvalue weighted by Gasteiger charge is -2.10. The van der Waals surface area contributed by atoms with E-state index in [0.29, 0.717) is 18.2 Å². The maximum absolute atomic E-state index is 8.83. The third kappa shape index (κ3) is 3.36. The van der Waals surface area contributed by atoms with Crippen molar-refractivity contribution in [3.63, 3.8) is 0 Å². The Kier molecular flexibility index (Phi) is 4.35. The van der Waals surface area contributed by atoms with Gasteiger partial charge in [0.15, 0.2) is 6.19 Å². The van der Waals surface area contributed by atoms with E-state index in [1.165, 1.54) is 11.2 Å². The summed E-state index contributed by atoms with van der Waals surface area (Å²) in [6.07, 6.45) is 3.41. The molecule has 0 fully saturated rings. The van der Waals surface area contributed by atoms with Gasteiger partial charge < -0.3 is 10.1 Å². The first-order valence-electron chi connectivity index (χ1n) is 6.18. The Hall–Kier alpha value is -2.81. The predicted octanol–water partition coefficient (Wildman–Crippen LogP) is 2.54. The van der Waals surface area contributed by atoms with Crippen LogP contribution in [0.15, 0.2) is 36.7 Å². The summed E-state index contributed by atoms with van der Waals surface area (Å²) < 4.78 is 5.38. The summed E-state index contributed by atoms with van der Waals surface area (Å²) in [7, 11) is 1.64. The second kappa shape index (κ2) is 6.38. The van der Waals surface area contributed by atoms with Crippen molar-refractivity contribution in [2.24, 2.45) is 0 Å². The Morgan fingerprint density at radius 2 is 2.05 bits per heavy atom. The number of benzene rings is 1. The summed E-state index contributed by atoms with van der Waals surface area (Å²) in [6, 6.07) is 9.28. The molecule has 0 saturated carbocycles. The van der Waals surface area contributed by atoms with E-state index < -0.39 is 0 Å². The zero-order chi connectivity index (χ0) is 14.4. The topological polar surface area (TPSA) is 74.1 Å². The van der Waals surface area contributed by atoms with Crippen molar-refractivity contribution in [1.82, 2.24) is 9.97 Å². The average Bonchev–Trinajstić information content (AvgIpc) is 2.49. The van der Waals surface area contributed by atoms with E-state index in [1.54, 1.807) is 13.1 Å². The second-order valence-corrected chi connectivity index (χ2v) is 4.00. The lowest BCUT2D eigenvalue weighted by atomic mass is 10.3. The number of rotatable bonds is 5. The van der Waals surface area contributed by atoms with Gasteiger partial charge in [0.2, 0.25) is 0 Å². The molecule has 1 N–H and O–H groups in total. The quantitative estimate of drug-likeness (QED) is 0.664. The van der Waals surface area contributed by atoms with Crippen molar-refractivity contribution in [1.29, 1.82) is 5.26 Å². The summed E-state index contributed by atoms with van der Waals surface area (Å²) >= 11 is 0. The Bertz CT molecular complexity index is 606. The number of hydrogen-bond donors (Lipinski definition) is 1. The number of anilines is 3. The fourth-order valence-electron chi connectivity index (χ4n) is 1.60. The van der Waals surface area contributed by atoms with E-state index in [9.17, 15) is 0 Å². The molecule has 1 heterocycles. The van der Waals surface area contributed by atoms with Gasteiger partial charge in [-0.15, -0.1) is 0 Å². The summed E-state index contributed by atoms with van der Waals surface area (Å²) in [6.45, 7) is 2.59. The minimum atomic E-state index is 0.538. The van der Waals surface area contributed by atoms with Crippen LogP contribution < -0.4 is 15.0 Å². The molecule has 0 aliphatic rings. The zero-order valence-corrected chi connectivity index (χ0v) is 11.4. The number of nitrogens with one attached hydrogen (secondary N) is 1. The predicted molar refractivity (Wildman–Crippen MR) is 76.9 cm³/mol. The molecule has 0 spiro atoms. The Balaban J connectivity index is 2.11. The van der Waals surface area contributed by atoms with Crippen LogP contribution in [-0.2, 0) is 0 Å². The van der Waals surface area contributed by atoms with Gasteiger partial charge in [-0.3, -0.25) is 4.90 Å². The van der Waals surface area contributed by atoms with Crippen LogP contribution in [-0.4, -0.2) is 23.6 Å². The summed E-state index contributed by atoms with van der Waals surface area (Å²) in [5.74, 6) is 1.99. The molecule has 0 unspecified atom stereocenters. The Morgan fingerprint density at radius 3 is 2.70 bits per heavy atom. The van der Waals surface area contributed by atoms with E-state index in [4.69, 9.17) is 10.00 Å². The second-order valence-electron chi connectivity index (χ2n) is 4.00. The highest BCUT2D eigenvalue weighted by atomic mass is 16.5. The van der Waals surface area contributed by atoms with Crippen molar-refractivity contribution >= 4 is 17.3 Å². The number of nitriles is 1. The van der Waals surface area contributed by atoms with Gasteiger partial charge in [-0.2, -0.15) is 5.26 Å². The molecule has 0 aliphatic carbocycles. The minimum Gasteiger partial charge on any atom is -0.494 e. The van der Waals surface area contributed by atoms with Crippen molar-refractivity contribution in [2.45, 2.75) is 6.92 Å². The van der Waals surface area contributed by atoms with Gasteiger partial charge in [0, 0.05) is 18.8 Å². The van der Waals surface area contributed by atoms with Crippen LogP contribution in [0.5, 0.6) is 5.75 Å². The van der Waals surface area contributed by atoms with Gasteiger partial charge in [-0.05, 0) is 31.2 Å². The smallest absolute Gasteiger partial charge is 0.185 e. The highest BCUT2D eigenvalue weighted by molar-refractivity contribution is 5.60. The third-order valence-electron chi connectivity index (χ3n) is 2.58. The molecule has 0 aliphatic heterocycles. The molecule has 0 radical (unpaired) electrons. The largest absolute Gasteiger partial charge is 0.494 e. The first-order chi connectivity index (χ1) is 9.72. The molecule has 102 valence electrons. The first kappa shape index (κ1) is 13.6. The normalized spacial score (nSPS) is 9.65. The number of ether oxygens (including phenoxy) is 1. The zero-order valence-electron chi connectivity index (χ0n) is 11.4. The van der Waals surface area contributed by atoms with E-state index >= 15 is 0 Å². The van der Waals surface area contributed by atoms with E-state index in [1.807, 2.05) is 37.4 Å². The molecular weight excluding hydrogens is 254 g/mol. The summed E-state index contributed by atoms with van der Waals surface area (Å²) in [5, 5.41) is 12.0. The average molecular weight is 269 g/mol. The molecule has 6 heteroatoms. The maximum Gasteiger partial charge on any atom is 0.185 e. The van der Waals surface area contributed by atoms with Crippen LogP contribution in [0.3, 0.4) is 0 Å². The molecule has 0 atom stereocenters. The van der Waals surface area contributed by atoms with Gasteiger partial charge in [-0.25, -0.2) is 9.97 Å². The van der Waals surface area contributed by atoms with Crippen molar-refractivity contribution in [3.8, 4) is 11.9 Å². The summed E-state index contributed by atoms with van der Waals surface area (Å²) in [4.78, 5) is 9.51. The van der Waals surface area contributed by atoms with Gasteiger partial charge in [0.05, 0.1) is 6.61 Å².